The highest BCUT2D eigenvalue weighted by Gasteiger charge is 2.34. The van der Waals surface area contributed by atoms with Gasteiger partial charge in [0.25, 0.3) is 0 Å². The van der Waals surface area contributed by atoms with Crippen LogP contribution >= 0.6 is 12.5 Å². The van der Waals surface area contributed by atoms with Crippen molar-refractivity contribution in [1.29, 1.82) is 0 Å². The molecule has 43 heavy (non-hydrogen) atoms. The minimum Gasteiger partial charge on any atom is -0.746 e. The van der Waals surface area contributed by atoms with E-state index in [0.29, 0.717) is 11.8 Å². The molecular formula is C39H84P2S2. The summed E-state index contributed by atoms with van der Waals surface area (Å²) in [6, 6.07) is 0. The summed E-state index contributed by atoms with van der Waals surface area (Å²) in [5.74, 6) is 1.36. The van der Waals surface area contributed by atoms with Gasteiger partial charge in [-0.25, -0.2) is 0 Å². The summed E-state index contributed by atoms with van der Waals surface area (Å²) in [6.07, 6.45) is 42.8. The van der Waals surface area contributed by atoms with Crippen LogP contribution in [0, 0.1) is 11.8 Å². The molecule has 0 heterocycles. The van der Waals surface area contributed by atoms with Crippen molar-refractivity contribution < 1.29 is 0 Å². The first kappa shape index (κ1) is 46.5. The summed E-state index contributed by atoms with van der Waals surface area (Å²) < 4.78 is 0. The van der Waals surface area contributed by atoms with Gasteiger partial charge in [0, 0.05) is 7.26 Å². The summed E-state index contributed by atoms with van der Waals surface area (Å²) >= 11 is 10.8. The maximum atomic E-state index is 5.42. The Kier molecular flexibility index (Phi) is 36.1. The fourth-order valence-corrected chi connectivity index (χ4v) is 17.5. The molecule has 0 aromatic rings. The Balaban J connectivity index is 0. The first-order valence-corrected chi connectivity index (χ1v) is 26.4. The van der Waals surface area contributed by atoms with Crippen molar-refractivity contribution in [2.24, 2.45) is 11.8 Å². The van der Waals surface area contributed by atoms with Crippen LogP contribution in [-0.2, 0) is 24.1 Å². The van der Waals surface area contributed by atoms with Crippen molar-refractivity contribution in [3.8, 4) is 0 Å². The lowest BCUT2D eigenvalue weighted by atomic mass is 10.1. The van der Waals surface area contributed by atoms with E-state index < -0.39 is 12.5 Å². The zero-order chi connectivity index (χ0) is 32.7. The number of hydrogen-bond donors (Lipinski definition) is 0. The Morgan fingerprint density at radius 3 is 0.907 bits per heavy atom. The largest absolute Gasteiger partial charge is 0.746 e. The second-order valence-electron chi connectivity index (χ2n) is 14.9. The lowest BCUT2D eigenvalue weighted by Gasteiger charge is -2.32. The second-order valence-corrected chi connectivity index (χ2v) is 26.6. The summed E-state index contributed by atoms with van der Waals surface area (Å²) in [5, 5.41) is -1.39. The Bertz CT molecular complexity index is 564. The zero-order valence-corrected chi connectivity index (χ0v) is 34.8. The van der Waals surface area contributed by atoms with Crippen molar-refractivity contribution in [1.82, 2.24) is 0 Å². The van der Waals surface area contributed by atoms with Crippen LogP contribution in [0.2, 0.25) is 0 Å². The molecule has 0 aliphatic carbocycles. The van der Waals surface area contributed by atoms with Crippen LogP contribution in [0.15, 0.2) is 0 Å². The summed E-state index contributed by atoms with van der Waals surface area (Å²) in [5.41, 5.74) is 0. The van der Waals surface area contributed by atoms with Crippen LogP contribution in [0.5, 0.6) is 0 Å². The van der Waals surface area contributed by atoms with Gasteiger partial charge in [-0.2, -0.15) is 5.24 Å². The maximum Gasteiger partial charge on any atom is 0.0594 e. The van der Waals surface area contributed by atoms with E-state index in [1.54, 1.807) is 43.9 Å². The quantitative estimate of drug-likeness (QED) is 0.0407. The Morgan fingerprint density at radius 2 is 0.628 bits per heavy atom. The Labute approximate surface area is 287 Å². The molecule has 0 amide bonds. The van der Waals surface area contributed by atoms with Gasteiger partial charge < -0.3 is 12.2 Å². The zero-order valence-electron chi connectivity index (χ0n) is 31.4. The Hall–Kier alpha value is 1.43. The third kappa shape index (κ3) is 34.6. The lowest BCUT2D eigenvalue weighted by molar-refractivity contribution is 0.548. The first-order valence-electron chi connectivity index (χ1n) is 19.7. The third-order valence-electron chi connectivity index (χ3n) is 8.98. The molecule has 0 N–H and O–H groups in total. The molecule has 0 spiro atoms. The molecule has 0 aromatic carbocycles. The molecule has 262 valence electrons. The molecule has 0 saturated heterocycles. The summed E-state index contributed by atoms with van der Waals surface area (Å²) in [4.78, 5) is 0. The Morgan fingerprint density at radius 1 is 0.419 bits per heavy atom. The van der Waals surface area contributed by atoms with E-state index in [2.05, 4.69) is 55.4 Å². The number of unbranched alkanes of at least 4 members (excludes halogenated alkanes) is 19. The molecule has 0 bridgehead atoms. The van der Waals surface area contributed by atoms with Gasteiger partial charge in [0.2, 0.25) is 0 Å². The van der Waals surface area contributed by atoms with Gasteiger partial charge in [-0.15, -0.1) is 11.8 Å². The van der Waals surface area contributed by atoms with E-state index in [1.165, 1.54) is 128 Å². The first-order chi connectivity index (χ1) is 20.6. The molecular weight excluding hydrogens is 595 g/mol. The highest BCUT2D eigenvalue weighted by Crippen LogP contribution is 2.61. The van der Waals surface area contributed by atoms with Crippen LogP contribution in [0.4, 0.5) is 0 Å². The van der Waals surface area contributed by atoms with E-state index in [1.807, 2.05) is 0 Å². The molecule has 0 unspecified atom stereocenters. The fraction of sp³-hybridized carbons (Fsp3) is 1.00. The molecule has 0 atom stereocenters. The molecule has 0 radical (unpaired) electrons. The average molecular weight is 679 g/mol. The second kappa shape index (κ2) is 33.3. The van der Waals surface area contributed by atoms with Crippen molar-refractivity contribution in [2.75, 3.05) is 37.0 Å². The molecule has 0 aliphatic rings. The normalized spacial score (nSPS) is 12.3. The molecule has 0 aromatic heterocycles. The fourth-order valence-electron chi connectivity index (χ4n) is 6.59. The number of hydrogen-bond acceptors (Lipinski definition) is 2. The maximum absolute atomic E-state index is 5.42. The molecule has 0 rings (SSSR count). The monoisotopic (exact) mass is 679 g/mol. The standard InChI is InChI=1S/C31H66P.C8H19PS2/c1-5-9-13-16-17-18-19-20-21-22-23-27-31-32(28-24-12-8-4,29-25-14-10-6-2)30-26-15-11-7-3;1-7(2)5-9(10,11)6-8(3)4/h5-31H2,1-4H3;7-8H,5-6H2,1-4H3,(H,10,11)/q+1;/p-1. The molecule has 0 nitrogen and oxygen atoms in total. The van der Waals surface area contributed by atoms with E-state index in [4.69, 9.17) is 24.1 Å². The molecule has 4 heteroatoms. The van der Waals surface area contributed by atoms with Gasteiger partial charge in [0.05, 0.1) is 24.6 Å². The SMILES string of the molecule is CC(C)CP(=S)([S-])CC(C)C.CCCCCCCCCCCCCC[P+](CCCCC)(CCCCCC)CCCCCC. The minimum absolute atomic E-state index is 0.678. The van der Waals surface area contributed by atoms with Crippen LogP contribution in [0.3, 0.4) is 0 Å². The smallest absolute Gasteiger partial charge is 0.0594 e. The van der Waals surface area contributed by atoms with E-state index >= 15 is 0 Å². The molecule has 0 aliphatic heterocycles. The van der Waals surface area contributed by atoms with Crippen LogP contribution < -0.4 is 0 Å². The minimum atomic E-state index is -1.39. The van der Waals surface area contributed by atoms with Crippen LogP contribution in [0.25, 0.3) is 0 Å². The van der Waals surface area contributed by atoms with E-state index in [-0.39, 0.29) is 0 Å². The van der Waals surface area contributed by atoms with Crippen LogP contribution in [0.1, 0.15) is 203 Å². The highest BCUT2D eigenvalue weighted by atomic mass is 32.9. The number of rotatable bonds is 31. The van der Waals surface area contributed by atoms with Crippen molar-refractivity contribution >= 4 is 36.6 Å². The van der Waals surface area contributed by atoms with Gasteiger partial charge in [-0.3, -0.25) is 0 Å². The van der Waals surface area contributed by atoms with Crippen molar-refractivity contribution in [3.05, 3.63) is 0 Å². The van der Waals surface area contributed by atoms with E-state index in [9.17, 15) is 0 Å². The van der Waals surface area contributed by atoms with Crippen molar-refractivity contribution in [3.63, 3.8) is 0 Å². The lowest BCUT2D eigenvalue weighted by Crippen LogP contribution is -2.13. The summed E-state index contributed by atoms with van der Waals surface area (Å²) in [6.45, 7) is 18.2. The van der Waals surface area contributed by atoms with Crippen molar-refractivity contribution in [2.45, 2.75) is 203 Å². The van der Waals surface area contributed by atoms with Crippen LogP contribution in [-0.4, -0.2) is 37.0 Å². The molecule has 0 fully saturated rings. The average Bonchev–Trinajstić information content (AvgIpc) is 2.93. The third-order valence-corrected chi connectivity index (χ3v) is 18.4. The predicted molar refractivity (Wildman–Crippen MR) is 216 cm³/mol. The highest BCUT2D eigenvalue weighted by molar-refractivity contribution is 8.55. The van der Waals surface area contributed by atoms with Gasteiger partial charge in [0.1, 0.15) is 0 Å². The summed E-state index contributed by atoms with van der Waals surface area (Å²) in [7, 11) is -0.686. The topological polar surface area (TPSA) is 0 Å². The van der Waals surface area contributed by atoms with E-state index in [0.717, 1.165) is 12.3 Å². The molecule has 0 saturated carbocycles. The van der Waals surface area contributed by atoms with Gasteiger partial charge >= 0.3 is 0 Å². The van der Waals surface area contributed by atoms with Gasteiger partial charge in [-0.1, -0.05) is 158 Å². The predicted octanol–water partition coefficient (Wildman–Crippen LogP) is 15.3. The van der Waals surface area contributed by atoms with Gasteiger partial charge in [-0.05, 0) is 69.1 Å². The van der Waals surface area contributed by atoms with Gasteiger partial charge in [0.15, 0.2) is 0 Å².